The zero-order valence-electron chi connectivity index (χ0n) is 20.1. The summed E-state index contributed by atoms with van der Waals surface area (Å²) >= 11 is 0. The molecule has 1 heterocycles. The van der Waals surface area contributed by atoms with Crippen LogP contribution < -0.4 is 18.9 Å². The molecule has 9 heteroatoms. The molecule has 1 atom stereocenters. The van der Waals surface area contributed by atoms with Gasteiger partial charge in [0.1, 0.15) is 18.1 Å². The molecule has 6 nitrogen and oxygen atoms in total. The van der Waals surface area contributed by atoms with Gasteiger partial charge in [-0.1, -0.05) is 12.1 Å². The number of halogens is 3. The van der Waals surface area contributed by atoms with Crippen LogP contribution >= 0.6 is 0 Å². The molecule has 1 unspecified atom stereocenters. The predicted octanol–water partition coefficient (Wildman–Crippen LogP) is 5.55. The Morgan fingerprint density at radius 1 is 0.917 bits per heavy atom. The van der Waals surface area contributed by atoms with Gasteiger partial charge >= 0.3 is 6.18 Å². The average molecular weight is 502 g/mol. The molecule has 0 N–H and O–H groups in total. The fourth-order valence-electron chi connectivity index (χ4n) is 4.37. The highest BCUT2D eigenvalue weighted by atomic mass is 19.4. The number of hydrogen-bond acceptors (Lipinski definition) is 5. The second-order valence-electron chi connectivity index (χ2n) is 8.20. The number of carbonyl (C=O) groups is 1. The molecule has 3 aromatic rings. The van der Waals surface area contributed by atoms with Crippen LogP contribution in [0.1, 0.15) is 33.1 Å². The molecule has 36 heavy (non-hydrogen) atoms. The van der Waals surface area contributed by atoms with Crippen molar-refractivity contribution < 1.29 is 36.9 Å². The number of amides is 1. The molecule has 3 aromatic carbocycles. The number of hydrogen-bond donors (Lipinski definition) is 0. The second-order valence-corrected chi connectivity index (χ2v) is 8.20. The molecule has 0 saturated carbocycles. The first kappa shape index (κ1) is 25.2. The van der Waals surface area contributed by atoms with E-state index < -0.39 is 29.3 Å². The first-order chi connectivity index (χ1) is 17.3. The van der Waals surface area contributed by atoms with Crippen molar-refractivity contribution in [2.24, 2.45) is 0 Å². The van der Waals surface area contributed by atoms with Gasteiger partial charge in [0.25, 0.3) is 5.91 Å². The standard InChI is InChI=1S/C27H26F3NO5/c1-33-18-8-10-19(11-9-18)36-16-23-21-15-25(35-3)24(34-2)14-17(21)12-13-31(23)26(32)20-6-4-5-7-22(20)27(28,29)30/h4-11,14-15,23H,12-13,16H2,1-3H3. The third kappa shape index (κ3) is 5.05. The minimum atomic E-state index is -4.66. The summed E-state index contributed by atoms with van der Waals surface area (Å²) in [5, 5.41) is 0. The summed E-state index contributed by atoms with van der Waals surface area (Å²) in [6.07, 6.45) is -4.22. The van der Waals surface area contributed by atoms with Crippen LogP contribution in [0.15, 0.2) is 60.7 Å². The molecular weight excluding hydrogens is 475 g/mol. The SMILES string of the molecule is COc1ccc(OCC2c3cc(OC)c(OC)cc3CCN2C(=O)c2ccccc2C(F)(F)F)cc1. The van der Waals surface area contributed by atoms with E-state index in [0.29, 0.717) is 29.4 Å². The van der Waals surface area contributed by atoms with Gasteiger partial charge in [-0.15, -0.1) is 0 Å². The topological polar surface area (TPSA) is 57.2 Å². The van der Waals surface area contributed by atoms with E-state index in [2.05, 4.69) is 0 Å². The number of carbonyl (C=O) groups excluding carboxylic acids is 1. The molecule has 1 aliphatic rings. The lowest BCUT2D eigenvalue weighted by Crippen LogP contribution is -2.43. The van der Waals surface area contributed by atoms with Crippen molar-refractivity contribution >= 4 is 5.91 Å². The number of fused-ring (bicyclic) bond motifs is 1. The van der Waals surface area contributed by atoms with Crippen LogP contribution in [-0.2, 0) is 12.6 Å². The second kappa shape index (κ2) is 10.4. The summed E-state index contributed by atoms with van der Waals surface area (Å²) in [7, 11) is 4.58. The number of alkyl halides is 3. The number of methoxy groups -OCH3 is 3. The summed E-state index contributed by atoms with van der Waals surface area (Å²) in [5.74, 6) is 1.46. The molecule has 0 radical (unpaired) electrons. The third-order valence-corrected chi connectivity index (χ3v) is 6.19. The maximum absolute atomic E-state index is 13.7. The Morgan fingerprint density at radius 3 is 2.19 bits per heavy atom. The maximum atomic E-state index is 13.7. The number of rotatable bonds is 7. The Morgan fingerprint density at radius 2 is 1.56 bits per heavy atom. The highest BCUT2D eigenvalue weighted by Gasteiger charge is 2.39. The average Bonchev–Trinajstić information content (AvgIpc) is 2.90. The number of nitrogens with zero attached hydrogens (tertiary/aromatic N) is 1. The van der Waals surface area contributed by atoms with Crippen molar-refractivity contribution in [3.8, 4) is 23.0 Å². The van der Waals surface area contributed by atoms with Gasteiger partial charge in [0.2, 0.25) is 0 Å². The Hall–Kier alpha value is -3.88. The number of benzene rings is 3. The maximum Gasteiger partial charge on any atom is 0.417 e. The first-order valence-electron chi connectivity index (χ1n) is 11.3. The largest absolute Gasteiger partial charge is 0.497 e. The van der Waals surface area contributed by atoms with E-state index in [0.717, 1.165) is 17.2 Å². The van der Waals surface area contributed by atoms with Crippen LogP contribution in [0.25, 0.3) is 0 Å². The van der Waals surface area contributed by atoms with Gasteiger partial charge in [-0.25, -0.2) is 0 Å². The van der Waals surface area contributed by atoms with Crippen molar-refractivity contribution in [3.05, 3.63) is 82.9 Å². The molecule has 190 valence electrons. The Bertz CT molecular complexity index is 1230. The van der Waals surface area contributed by atoms with Crippen molar-refractivity contribution in [2.45, 2.75) is 18.6 Å². The molecule has 1 aliphatic heterocycles. The molecule has 4 rings (SSSR count). The van der Waals surface area contributed by atoms with E-state index in [-0.39, 0.29) is 13.2 Å². The van der Waals surface area contributed by atoms with E-state index >= 15 is 0 Å². The lowest BCUT2D eigenvalue weighted by molar-refractivity contribution is -0.138. The Labute approximate surface area is 207 Å². The highest BCUT2D eigenvalue weighted by Crippen LogP contribution is 2.40. The van der Waals surface area contributed by atoms with Gasteiger partial charge in [0, 0.05) is 6.54 Å². The summed E-state index contributed by atoms with van der Waals surface area (Å²) in [4.78, 5) is 15.0. The van der Waals surface area contributed by atoms with Gasteiger partial charge in [-0.05, 0) is 66.1 Å². The quantitative estimate of drug-likeness (QED) is 0.425. The van der Waals surface area contributed by atoms with Gasteiger partial charge in [-0.3, -0.25) is 4.79 Å². The molecule has 0 aliphatic carbocycles. The van der Waals surface area contributed by atoms with Crippen molar-refractivity contribution in [1.82, 2.24) is 4.90 Å². The van der Waals surface area contributed by atoms with Crippen molar-refractivity contribution in [2.75, 3.05) is 34.5 Å². The van der Waals surface area contributed by atoms with Crippen LogP contribution in [0.5, 0.6) is 23.0 Å². The Kier molecular flexibility index (Phi) is 7.28. The van der Waals surface area contributed by atoms with Crippen LogP contribution in [-0.4, -0.2) is 45.3 Å². The fraction of sp³-hybridized carbons (Fsp3) is 0.296. The zero-order chi connectivity index (χ0) is 25.9. The minimum absolute atomic E-state index is 0.0226. The van der Waals surface area contributed by atoms with Gasteiger partial charge in [0.15, 0.2) is 11.5 Å². The summed E-state index contributed by atoms with van der Waals surface area (Å²) < 4.78 is 63.1. The van der Waals surface area contributed by atoms with Crippen molar-refractivity contribution in [1.29, 1.82) is 0 Å². The van der Waals surface area contributed by atoms with Crippen molar-refractivity contribution in [3.63, 3.8) is 0 Å². The van der Waals surface area contributed by atoms with E-state index in [1.165, 1.54) is 37.3 Å². The van der Waals surface area contributed by atoms with Crippen LogP contribution in [0, 0.1) is 0 Å². The molecule has 0 saturated heterocycles. The molecule has 1 amide bonds. The summed E-state index contributed by atoms with van der Waals surface area (Å²) in [6, 6.07) is 14.7. The molecule has 0 aromatic heterocycles. The number of ether oxygens (including phenoxy) is 4. The van der Waals surface area contributed by atoms with E-state index in [1.807, 2.05) is 6.07 Å². The normalized spacial score (nSPS) is 15.2. The fourth-order valence-corrected chi connectivity index (χ4v) is 4.37. The third-order valence-electron chi connectivity index (χ3n) is 6.19. The smallest absolute Gasteiger partial charge is 0.417 e. The molecule has 0 fully saturated rings. The molecule has 0 bridgehead atoms. The monoisotopic (exact) mass is 501 g/mol. The van der Waals surface area contributed by atoms with Crippen LogP contribution in [0.2, 0.25) is 0 Å². The first-order valence-corrected chi connectivity index (χ1v) is 11.3. The Balaban J connectivity index is 1.73. The van der Waals surface area contributed by atoms with E-state index in [4.69, 9.17) is 18.9 Å². The van der Waals surface area contributed by atoms with E-state index in [1.54, 1.807) is 37.4 Å². The van der Waals surface area contributed by atoms with E-state index in [9.17, 15) is 18.0 Å². The van der Waals surface area contributed by atoms with Gasteiger partial charge in [0.05, 0.1) is 38.5 Å². The summed E-state index contributed by atoms with van der Waals surface area (Å²) in [5.41, 5.74) is 0.265. The summed E-state index contributed by atoms with van der Waals surface area (Å²) in [6.45, 7) is 0.235. The lowest BCUT2D eigenvalue weighted by Gasteiger charge is -2.38. The minimum Gasteiger partial charge on any atom is -0.497 e. The predicted molar refractivity (Wildman–Crippen MR) is 127 cm³/mol. The van der Waals surface area contributed by atoms with Gasteiger partial charge < -0.3 is 23.8 Å². The zero-order valence-corrected chi connectivity index (χ0v) is 20.1. The highest BCUT2D eigenvalue weighted by molar-refractivity contribution is 5.96. The lowest BCUT2D eigenvalue weighted by atomic mass is 9.91. The van der Waals surface area contributed by atoms with Gasteiger partial charge in [-0.2, -0.15) is 13.2 Å². The van der Waals surface area contributed by atoms with Crippen LogP contribution in [0.3, 0.4) is 0 Å². The van der Waals surface area contributed by atoms with Crippen LogP contribution in [0.4, 0.5) is 13.2 Å². The molecule has 0 spiro atoms. The molecular formula is C27H26F3NO5.